The molecule has 5 heteroatoms. The fourth-order valence-corrected chi connectivity index (χ4v) is 2.24. The number of aliphatic hydroxyl groups is 1. The first-order valence-electron chi connectivity index (χ1n) is 6.80. The fraction of sp³-hybridized carbons (Fsp3) is 0.714. The second-order valence-electron chi connectivity index (χ2n) is 4.59. The van der Waals surface area contributed by atoms with Crippen LogP contribution in [0, 0.1) is 5.92 Å². The Hall–Kier alpha value is -1.36. The summed E-state index contributed by atoms with van der Waals surface area (Å²) in [6.45, 7) is 4.23. The Labute approximate surface area is 115 Å². The quantitative estimate of drug-likeness (QED) is 0.785. The van der Waals surface area contributed by atoms with E-state index in [0.717, 1.165) is 25.7 Å². The molecule has 0 saturated carbocycles. The van der Waals surface area contributed by atoms with E-state index in [4.69, 9.17) is 9.47 Å². The Balaban J connectivity index is 2.98. The van der Waals surface area contributed by atoms with Gasteiger partial charge in [0.2, 0.25) is 11.8 Å². The Morgan fingerprint density at radius 3 is 2.26 bits per heavy atom. The zero-order valence-electron chi connectivity index (χ0n) is 12.2. The normalized spacial score (nSPS) is 12.5. The lowest BCUT2D eigenvalue weighted by atomic mass is 9.90. The van der Waals surface area contributed by atoms with E-state index in [1.807, 2.05) is 0 Å². The molecule has 0 radical (unpaired) electrons. The van der Waals surface area contributed by atoms with Crippen LogP contribution in [0.1, 0.15) is 51.3 Å². The van der Waals surface area contributed by atoms with Gasteiger partial charge in [-0.05, 0) is 18.8 Å². The lowest BCUT2D eigenvalue weighted by molar-refractivity contribution is 0.0886. The molecule has 0 aliphatic heterocycles. The van der Waals surface area contributed by atoms with Gasteiger partial charge >= 0.3 is 0 Å². The highest BCUT2D eigenvalue weighted by Crippen LogP contribution is 2.33. The van der Waals surface area contributed by atoms with Crippen molar-refractivity contribution in [1.82, 2.24) is 9.97 Å². The summed E-state index contributed by atoms with van der Waals surface area (Å²) in [6.07, 6.45) is 4.86. The van der Waals surface area contributed by atoms with E-state index in [0.29, 0.717) is 17.5 Å². The van der Waals surface area contributed by atoms with Crippen LogP contribution in [-0.2, 0) is 0 Å². The zero-order chi connectivity index (χ0) is 14.3. The smallest absolute Gasteiger partial charge is 0.241 e. The molecule has 0 spiro atoms. The molecule has 108 valence electrons. The van der Waals surface area contributed by atoms with Crippen LogP contribution in [0.25, 0.3) is 0 Å². The molecule has 1 aromatic heterocycles. The summed E-state index contributed by atoms with van der Waals surface area (Å²) in [4.78, 5) is 8.41. The molecule has 1 unspecified atom stereocenters. The number of methoxy groups -OCH3 is 2. The molecular formula is C14H24N2O3. The molecule has 1 rings (SSSR count). The van der Waals surface area contributed by atoms with Gasteiger partial charge in [0, 0.05) is 0 Å². The highest BCUT2D eigenvalue weighted by molar-refractivity contribution is 5.25. The highest BCUT2D eigenvalue weighted by atomic mass is 16.5. The molecule has 1 N–H and O–H groups in total. The van der Waals surface area contributed by atoms with Crippen LogP contribution in [0.3, 0.4) is 0 Å². The summed E-state index contributed by atoms with van der Waals surface area (Å²) in [5, 5.41) is 10.5. The molecule has 1 heterocycles. The summed E-state index contributed by atoms with van der Waals surface area (Å²) >= 11 is 0. The average Bonchev–Trinajstić information content (AvgIpc) is 2.45. The summed E-state index contributed by atoms with van der Waals surface area (Å²) in [6, 6.07) is 0. The molecule has 0 aromatic carbocycles. The monoisotopic (exact) mass is 268 g/mol. The van der Waals surface area contributed by atoms with E-state index >= 15 is 0 Å². The van der Waals surface area contributed by atoms with Gasteiger partial charge in [-0.25, -0.2) is 4.98 Å². The van der Waals surface area contributed by atoms with Crippen molar-refractivity contribution in [3.05, 3.63) is 11.9 Å². The van der Waals surface area contributed by atoms with Crippen molar-refractivity contribution in [1.29, 1.82) is 0 Å². The predicted molar refractivity (Wildman–Crippen MR) is 73.4 cm³/mol. The van der Waals surface area contributed by atoms with Gasteiger partial charge in [-0.15, -0.1) is 0 Å². The molecule has 0 bridgehead atoms. The molecule has 0 fully saturated rings. The number of nitrogens with zero attached hydrogens (tertiary/aromatic N) is 2. The Bertz CT molecular complexity index is 379. The summed E-state index contributed by atoms with van der Waals surface area (Å²) in [5.74, 6) is 0.908. The third kappa shape index (κ3) is 4.06. The molecule has 1 atom stereocenters. The van der Waals surface area contributed by atoms with Crippen molar-refractivity contribution in [3.8, 4) is 11.8 Å². The van der Waals surface area contributed by atoms with Crippen LogP contribution in [0.5, 0.6) is 11.8 Å². The van der Waals surface area contributed by atoms with Crippen LogP contribution in [-0.4, -0.2) is 29.3 Å². The predicted octanol–water partition coefficient (Wildman–Crippen LogP) is 2.74. The minimum absolute atomic E-state index is 0.187. The van der Waals surface area contributed by atoms with Crippen LogP contribution in [0.4, 0.5) is 0 Å². The van der Waals surface area contributed by atoms with E-state index < -0.39 is 6.10 Å². The van der Waals surface area contributed by atoms with Crippen molar-refractivity contribution < 1.29 is 14.6 Å². The molecule has 0 saturated heterocycles. The fourth-order valence-electron chi connectivity index (χ4n) is 2.24. The van der Waals surface area contributed by atoms with Gasteiger partial charge in [-0.2, -0.15) is 4.98 Å². The van der Waals surface area contributed by atoms with Crippen molar-refractivity contribution in [2.75, 3.05) is 14.2 Å². The number of rotatable bonds is 8. The van der Waals surface area contributed by atoms with Gasteiger partial charge in [0.15, 0.2) is 0 Å². The Morgan fingerprint density at radius 1 is 1.16 bits per heavy atom. The Kier molecular flexibility index (Phi) is 6.56. The van der Waals surface area contributed by atoms with E-state index in [1.54, 1.807) is 0 Å². The summed E-state index contributed by atoms with van der Waals surface area (Å²) < 4.78 is 10.2. The van der Waals surface area contributed by atoms with Crippen molar-refractivity contribution in [3.63, 3.8) is 0 Å². The van der Waals surface area contributed by atoms with Gasteiger partial charge in [0.1, 0.15) is 11.8 Å². The minimum Gasteiger partial charge on any atom is -0.480 e. The number of aromatic nitrogens is 2. The molecule has 0 aliphatic rings. The average molecular weight is 268 g/mol. The van der Waals surface area contributed by atoms with Crippen LogP contribution in [0.2, 0.25) is 0 Å². The van der Waals surface area contributed by atoms with Crippen molar-refractivity contribution >= 4 is 0 Å². The maximum atomic E-state index is 10.5. The van der Waals surface area contributed by atoms with Crippen LogP contribution in [0.15, 0.2) is 6.20 Å². The lowest BCUT2D eigenvalue weighted by Crippen LogP contribution is -2.16. The first-order chi connectivity index (χ1) is 9.17. The standard InChI is InChI=1S/C14H24N2O3/c1-5-7-10(8-6-2)13(17)12-14(19-4)16-11(18-3)9-15-12/h9-10,13,17H,5-8H2,1-4H3. The number of hydrogen-bond donors (Lipinski definition) is 1. The molecule has 0 amide bonds. The Morgan fingerprint density at radius 2 is 1.79 bits per heavy atom. The van der Waals surface area contributed by atoms with Crippen molar-refractivity contribution in [2.24, 2.45) is 5.92 Å². The maximum Gasteiger partial charge on any atom is 0.241 e. The third-order valence-corrected chi connectivity index (χ3v) is 3.19. The second kappa shape index (κ2) is 7.94. The van der Waals surface area contributed by atoms with E-state index in [2.05, 4.69) is 23.8 Å². The van der Waals surface area contributed by atoms with Gasteiger partial charge in [0.25, 0.3) is 0 Å². The van der Waals surface area contributed by atoms with E-state index in [-0.39, 0.29) is 5.92 Å². The summed E-state index contributed by atoms with van der Waals surface area (Å²) in [5.41, 5.74) is 0.496. The molecule has 19 heavy (non-hydrogen) atoms. The zero-order valence-corrected chi connectivity index (χ0v) is 12.2. The first kappa shape index (κ1) is 15.7. The number of ether oxygens (including phenoxy) is 2. The first-order valence-corrected chi connectivity index (χ1v) is 6.80. The van der Waals surface area contributed by atoms with E-state index in [9.17, 15) is 5.11 Å². The van der Waals surface area contributed by atoms with Crippen molar-refractivity contribution in [2.45, 2.75) is 45.6 Å². The topological polar surface area (TPSA) is 64.5 Å². The van der Waals surface area contributed by atoms with Gasteiger partial charge in [0.05, 0.1) is 20.4 Å². The van der Waals surface area contributed by atoms with Gasteiger partial charge in [-0.3, -0.25) is 0 Å². The molecule has 5 nitrogen and oxygen atoms in total. The minimum atomic E-state index is -0.645. The molecular weight excluding hydrogens is 244 g/mol. The van der Waals surface area contributed by atoms with Crippen LogP contribution >= 0.6 is 0 Å². The SMILES string of the molecule is CCCC(CCC)C(O)c1ncc(OC)nc1OC. The molecule has 0 aliphatic carbocycles. The van der Waals surface area contributed by atoms with E-state index in [1.165, 1.54) is 20.4 Å². The number of hydrogen-bond acceptors (Lipinski definition) is 5. The highest BCUT2D eigenvalue weighted by Gasteiger charge is 2.25. The van der Waals surface area contributed by atoms with Crippen LogP contribution < -0.4 is 9.47 Å². The lowest BCUT2D eigenvalue weighted by Gasteiger charge is -2.22. The third-order valence-electron chi connectivity index (χ3n) is 3.19. The maximum absolute atomic E-state index is 10.5. The summed E-state index contributed by atoms with van der Waals surface area (Å²) in [7, 11) is 3.05. The molecule has 1 aromatic rings. The largest absolute Gasteiger partial charge is 0.480 e. The van der Waals surface area contributed by atoms with Gasteiger partial charge in [-0.1, -0.05) is 26.7 Å². The van der Waals surface area contributed by atoms with Gasteiger partial charge < -0.3 is 14.6 Å². The number of aliphatic hydroxyl groups excluding tert-OH is 1. The second-order valence-corrected chi connectivity index (χ2v) is 4.59.